The molecular weight excluding hydrogens is 930 g/mol. The predicted octanol–water partition coefficient (Wildman–Crippen LogP) is 12.7. The topological polar surface area (TPSA) is 157 Å². The summed E-state index contributed by atoms with van der Waals surface area (Å²) < 4.78 is 50.2. The number of nitrogens with one attached hydrogen (secondary N) is 3. The third-order valence-electron chi connectivity index (χ3n) is 12.2. The monoisotopic (exact) mass is 995 g/mol. The maximum atomic E-state index is 12.6. The molecule has 2 aliphatic rings. The molecule has 0 atom stereocenters. The van der Waals surface area contributed by atoms with Crippen molar-refractivity contribution < 1.29 is 36.6 Å². The SMILES string of the molecule is COC(=O)c1cc2c(C)ccc(C)c2[nH]1.Cc1ccc(C)c(C)c1.Cc1ccc(C)c(F)c1.Cc1ccc(C)c2[nH]c(=O)ccc12.Cc1ccc(C)c2c1NC(=O)CO2.Cc1cccc2c1OCS(=O)(=O)C2. The summed E-state index contributed by atoms with van der Waals surface area (Å²) in [4.78, 5) is 39.4. The second-order valence-electron chi connectivity index (χ2n) is 18.3. The molecule has 0 saturated carbocycles. The highest BCUT2D eigenvalue weighted by atomic mass is 32.2. The average molecular weight is 996 g/mol. The van der Waals surface area contributed by atoms with E-state index in [4.69, 9.17) is 9.47 Å². The number of hydrogen-bond donors (Lipinski definition) is 3. The molecule has 1 amide bonds. The third-order valence-corrected chi connectivity index (χ3v) is 13.4. The number of hydrogen-bond acceptors (Lipinski definition) is 8. The Morgan fingerprint density at radius 1 is 0.556 bits per heavy atom. The summed E-state index contributed by atoms with van der Waals surface area (Å²) in [5.41, 5.74) is 17.5. The third kappa shape index (κ3) is 14.8. The quantitative estimate of drug-likeness (QED) is 0.137. The summed E-state index contributed by atoms with van der Waals surface area (Å²) in [5, 5.41) is 5.01. The zero-order valence-corrected chi connectivity index (χ0v) is 44.4. The molecular formula is C59H66FN3O8S. The van der Waals surface area contributed by atoms with Crippen LogP contribution >= 0.6 is 0 Å². The Hall–Kier alpha value is -7.51. The van der Waals surface area contributed by atoms with Crippen molar-refractivity contribution in [3.8, 4) is 11.5 Å². The number of aromatic amines is 2. The standard InChI is InChI=1S/C12H13NO2.C11H11NO.C10H11NO2.C9H10O3S.C9H12.C8H9F/c1-7-4-5-8(2)11-9(7)6-10(13-11)12(14)15-3;1-7-3-4-8(2)11-9(7)5-6-10(13)12-11;1-6-3-4-7(2)10-9(6)11-8(12)5-13-10;1-7-3-2-4-8-5-13(10,11)6-12-9(7)8;1-7-4-5-8(2)9(3)6-7;1-6-3-4-7(2)8(9)5-6/h4-6,13H,1-3H3;3-6H,1-2H3,(H,12,13);3-4H,5H2,1-2H3,(H,11,12);2-4H,5-6H2,1H3;4-6H,1-3H3;3-5H,1-2H3. The van der Waals surface area contributed by atoms with Gasteiger partial charge in [-0.1, -0.05) is 90.5 Å². The molecule has 8 aromatic rings. The van der Waals surface area contributed by atoms with E-state index in [1.54, 1.807) is 25.1 Å². The highest BCUT2D eigenvalue weighted by Crippen LogP contribution is 2.34. The first-order valence-corrected chi connectivity index (χ1v) is 25.3. The van der Waals surface area contributed by atoms with Crippen LogP contribution in [0.15, 0.2) is 114 Å². The predicted molar refractivity (Wildman–Crippen MR) is 289 cm³/mol. The van der Waals surface area contributed by atoms with Gasteiger partial charge in [0, 0.05) is 27.9 Å². The van der Waals surface area contributed by atoms with Crippen LogP contribution in [0.1, 0.15) is 82.8 Å². The molecule has 0 fully saturated rings. The van der Waals surface area contributed by atoms with E-state index in [0.717, 1.165) is 83.5 Å². The molecule has 2 aliphatic heterocycles. The van der Waals surface area contributed by atoms with E-state index in [2.05, 4.69) is 65.1 Å². The lowest BCUT2D eigenvalue weighted by Crippen LogP contribution is -2.26. The number of anilines is 1. The first-order chi connectivity index (χ1) is 34.0. The molecule has 11 nitrogen and oxygen atoms in total. The zero-order chi connectivity index (χ0) is 53.0. The van der Waals surface area contributed by atoms with Crippen molar-refractivity contribution in [2.75, 3.05) is 25.0 Å². The van der Waals surface area contributed by atoms with Crippen molar-refractivity contribution >= 4 is 49.2 Å². The molecule has 378 valence electrons. The highest BCUT2D eigenvalue weighted by Gasteiger charge is 2.23. The molecule has 0 saturated heterocycles. The second-order valence-corrected chi connectivity index (χ2v) is 20.3. The van der Waals surface area contributed by atoms with Crippen LogP contribution in [-0.2, 0) is 25.1 Å². The van der Waals surface area contributed by atoms with Gasteiger partial charge in [0.1, 0.15) is 23.0 Å². The van der Waals surface area contributed by atoms with Crippen molar-refractivity contribution in [2.24, 2.45) is 0 Å². The molecule has 72 heavy (non-hydrogen) atoms. The highest BCUT2D eigenvalue weighted by molar-refractivity contribution is 7.90. The number of amides is 1. The number of rotatable bonds is 1. The number of halogens is 1. The number of aromatic nitrogens is 2. The number of benzene rings is 6. The molecule has 3 N–H and O–H groups in total. The van der Waals surface area contributed by atoms with Crippen molar-refractivity contribution in [1.82, 2.24) is 9.97 Å². The second kappa shape index (κ2) is 24.6. The van der Waals surface area contributed by atoms with E-state index in [1.807, 2.05) is 116 Å². The number of carbonyl (C=O) groups excluding carboxylic acids is 2. The van der Waals surface area contributed by atoms with Gasteiger partial charge in [-0.2, -0.15) is 0 Å². The lowest BCUT2D eigenvalue weighted by atomic mass is 10.1. The summed E-state index contributed by atoms with van der Waals surface area (Å²) in [6.45, 7) is 24.1. The van der Waals surface area contributed by atoms with Crippen LogP contribution in [0.4, 0.5) is 10.1 Å². The minimum Gasteiger partial charge on any atom is -0.481 e. The zero-order valence-electron chi connectivity index (χ0n) is 43.6. The fourth-order valence-corrected chi connectivity index (χ4v) is 8.83. The molecule has 6 aromatic carbocycles. The van der Waals surface area contributed by atoms with E-state index in [9.17, 15) is 27.2 Å². The van der Waals surface area contributed by atoms with Gasteiger partial charge in [-0.05, 0) is 162 Å². The van der Waals surface area contributed by atoms with Crippen molar-refractivity contribution in [3.63, 3.8) is 0 Å². The fourth-order valence-electron chi connectivity index (χ4n) is 7.75. The van der Waals surface area contributed by atoms with E-state index in [1.165, 1.54) is 35.4 Å². The molecule has 2 aromatic heterocycles. The molecule has 0 aliphatic carbocycles. The Labute approximate surface area is 422 Å². The Bertz CT molecular complexity index is 3340. The van der Waals surface area contributed by atoms with Crippen molar-refractivity contribution in [2.45, 2.75) is 88.8 Å². The molecule has 10 rings (SSSR count). The summed E-state index contributed by atoms with van der Waals surface area (Å²) in [7, 11) is -1.65. The average Bonchev–Trinajstić information content (AvgIpc) is 3.81. The lowest BCUT2D eigenvalue weighted by Gasteiger charge is -2.21. The van der Waals surface area contributed by atoms with Crippen LogP contribution in [0, 0.1) is 88.9 Å². The number of aryl methyl sites for hydroxylation is 12. The maximum Gasteiger partial charge on any atom is 0.354 e. The first kappa shape index (κ1) is 55.4. The summed E-state index contributed by atoms with van der Waals surface area (Å²) in [6.07, 6.45) is 0. The largest absolute Gasteiger partial charge is 0.481 e. The summed E-state index contributed by atoms with van der Waals surface area (Å²) in [5.74, 6) is 0.924. The summed E-state index contributed by atoms with van der Waals surface area (Å²) >= 11 is 0. The maximum absolute atomic E-state index is 12.6. The number of H-pyrrole nitrogens is 2. The Balaban J connectivity index is 0.000000162. The number of fused-ring (bicyclic) bond motifs is 4. The van der Waals surface area contributed by atoms with Gasteiger partial charge in [-0.3, -0.25) is 9.59 Å². The van der Waals surface area contributed by atoms with Gasteiger partial charge in [0.2, 0.25) is 5.56 Å². The minimum atomic E-state index is -3.04. The minimum absolute atomic E-state index is 0.0406. The molecule has 0 bridgehead atoms. The van der Waals surface area contributed by atoms with Gasteiger partial charge in [0.05, 0.1) is 24.1 Å². The number of esters is 1. The molecule has 0 radical (unpaired) electrons. The number of para-hydroxylation sites is 1. The normalized spacial score (nSPS) is 12.6. The van der Waals surface area contributed by atoms with Crippen LogP contribution in [0.5, 0.6) is 11.5 Å². The first-order valence-electron chi connectivity index (χ1n) is 23.5. The van der Waals surface area contributed by atoms with Crippen molar-refractivity contribution in [1.29, 1.82) is 0 Å². The Morgan fingerprint density at radius 2 is 1.11 bits per heavy atom. The van der Waals surface area contributed by atoms with Gasteiger partial charge in [0.25, 0.3) is 5.91 Å². The molecule has 13 heteroatoms. The van der Waals surface area contributed by atoms with Gasteiger partial charge in [-0.15, -0.1) is 0 Å². The van der Waals surface area contributed by atoms with Crippen LogP contribution < -0.4 is 20.3 Å². The Morgan fingerprint density at radius 3 is 1.71 bits per heavy atom. The van der Waals surface area contributed by atoms with E-state index >= 15 is 0 Å². The van der Waals surface area contributed by atoms with E-state index < -0.39 is 9.84 Å². The smallest absolute Gasteiger partial charge is 0.354 e. The number of sulfone groups is 1. The molecule has 0 unspecified atom stereocenters. The van der Waals surface area contributed by atoms with Gasteiger partial charge in [-0.25, -0.2) is 17.6 Å². The van der Waals surface area contributed by atoms with Crippen LogP contribution in [-0.4, -0.2) is 49.9 Å². The number of ether oxygens (including phenoxy) is 3. The Kier molecular flexibility index (Phi) is 18.9. The van der Waals surface area contributed by atoms with E-state index in [-0.39, 0.29) is 41.6 Å². The molecule has 4 heterocycles. The van der Waals surface area contributed by atoms with E-state index in [0.29, 0.717) is 11.3 Å². The van der Waals surface area contributed by atoms with Gasteiger partial charge < -0.3 is 29.5 Å². The van der Waals surface area contributed by atoms with Gasteiger partial charge in [0.15, 0.2) is 22.4 Å². The summed E-state index contributed by atoms with van der Waals surface area (Å²) in [6, 6.07) is 34.7. The van der Waals surface area contributed by atoms with Crippen LogP contribution in [0.2, 0.25) is 0 Å². The number of pyridine rings is 1. The van der Waals surface area contributed by atoms with Crippen LogP contribution in [0.25, 0.3) is 21.8 Å². The van der Waals surface area contributed by atoms with Crippen molar-refractivity contribution in [3.05, 3.63) is 203 Å². The van der Waals surface area contributed by atoms with Crippen LogP contribution in [0.3, 0.4) is 0 Å². The van der Waals surface area contributed by atoms with Gasteiger partial charge >= 0.3 is 5.97 Å². The molecule has 0 spiro atoms. The fraction of sp³-hybridized carbons (Fsp3) is 0.271. The lowest BCUT2D eigenvalue weighted by molar-refractivity contribution is -0.118. The number of carbonyl (C=O) groups is 2. The number of methoxy groups -OCH3 is 1.